The quantitative estimate of drug-likeness (QED) is 0.806. The molecule has 1 aromatic heterocycles. The first-order valence-corrected chi connectivity index (χ1v) is 6.78. The van der Waals surface area contributed by atoms with E-state index in [0.717, 1.165) is 0 Å². The van der Waals surface area contributed by atoms with Crippen LogP contribution in [0.25, 0.3) is 10.9 Å². The molecule has 0 bridgehead atoms. The molecule has 0 aliphatic heterocycles. The van der Waals surface area contributed by atoms with Crippen LogP contribution in [0, 0.1) is 5.82 Å². The van der Waals surface area contributed by atoms with Gasteiger partial charge >= 0.3 is 6.09 Å². The third-order valence-electron chi connectivity index (χ3n) is 3.57. The average Bonchev–Trinajstić information content (AvgIpc) is 2.81. The van der Waals surface area contributed by atoms with Crippen molar-refractivity contribution in [2.24, 2.45) is 0 Å². The summed E-state index contributed by atoms with van der Waals surface area (Å²) in [5.41, 5.74) is 0.491. The standard InChI is InChI=1S/C16H13FN2O4/c1-23-12-6-7-14-13(8-12)15(20)19(16(21)22)18(14)9-10-2-4-11(17)5-3-10/h2-8H,9H2,1H3,(H,21,22). The number of carbonyl (C=O) groups is 1. The Hall–Kier alpha value is -3.09. The Bertz CT molecular complexity index is 941. The van der Waals surface area contributed by atoms with Crippen molar-refractivity contribution in [1.82, 2.24) is 9.36 Å². The Morgan fingerprint density at radius 3 is 2.52 bits per heavy atom. The molecule has 0 saturated carbocycles. The molecule has 3 aromatic rings. The molecule has 0 saturated heterocycles. The van der Waals surface area contributed by atoms with Crippen molar-refractivity contribution in [3.8, 4) is 5.75 Å². The lowest BCUT2D eigenvalue weighted by Gasteiger charge is -2.09. The van der Waals surface area contributed by atoms with E-state index in [1.165, 1.54) is 30.0 Å². The Morgan fingerprint density at radius 1 is 1.22 bits per heavy atom. The van der Waals surface area contributed by atoms with E-state index >= 15 is 0 Å². The number of methoxy groups -OCH3 is 1. The summed E-state index contributed by atoms with van der Waals surface area (Å²) < 4.78 is 20.1. The van der Waals surface area contributed by atoms with Crippen LogP contribution in [0.1, 0.15) is 5.56 Å². The molecule has 2 aromatic carbocycles. The van der Waals surface area contributed by atoms with Crippen molar-refractivity contribution in [1.29, 1.82) is 0 Å². The molecule has 0 fully saturated rings. The zero-order valence-corrected chi connectivity index (χ0v) is 12.2. The van der Waals surface area contributed by atoms with Gasteiger partial charge in [0.15, 0.2) is 0 Å². The first-order valence-electron chi connectivity index (χ1n) is 6.78. The van der Waals surface area contributed by atoms with Gasteiger partial charge in [0.05, 0.1) is 24.6 Å². The number of hydrogen-bond donors (Lipinski definition) is 1. The highest BCUT2D eigenvalue weighted by Gasteiger charge is 2.18. The predicted molar refractivity (Wildman–Crippen MR) is 81.7 cm³/mol. The maximum Gasteiger partial charge on any atom is 0.434 e. The molecule has 7 heteroatoms. The van der Waals surface area contributed by atoms with E-state index in [2.05, 4.69) is 0 Å². The van der Waals surface area contributed by atoms with Gasteiger partial charge in [0.1, 0.15) is 11.6 Å². The number of ether oxygens (including phenoxy) is 1. The lowest BCUT2D eigenvalue weighted by molar-refractivity contribution is 0.187. The fourth-order valence-electron chi connectivity index (χ4n) is 2.48. The Morgan fingerprint density at radius 2 is 1.91 bits per heavy atom. The third-order valence-corrected chi connectivity index (χ3v) is 3.57. The minimum atomic E-state index is -1.38. The summed E-state index contributed by atoms with van der Waals surface area (Å²) >= 11 is 0. The molecule has 118 valence electrons. The van der Waals surface area contributed by atoms with E-state index in [1.54, 1.807) is 24.3 Å². The van der Waals surface area contributed by atoms with E-state index < -0.39 is 11.7 Å². The fourth-order valence-corrected chi connectivity index (χ4v) is 2.48. The van der Waals surface area contributed by atoms with E-state index in [9.17, 15) is 19.1 Å². The van der Waals surface area contributed by atoms with Crippen molar-refractivity contribution in [2.75, 3.05) is 7.11 Å². The molecule has 0 radical (unpaired) electrons. The molecule has 0 aliphatic carbocycles. The molecule has 23 heavy (non-hydrogen) atoms. The van der Waals surface area contributed by atoms with Gasteiger partial charge in [0.2, 0.25) is 0 Å². The van der Waals surface area contributed by atoms with Gasteiger partial charge in [-0.25, -0.2) is 9.18 Å². The van der Waals surface area contributed by atoms with Gasteiger partial charge in [0, 0.05) is 0 Å². The average molecular weight is 316 g/mol. The van der Waals surface area contributed by atoms with Gasteiger partial charge in [-0.1, -0.05) is 12.1 Å². The third kappa shape index (κ3) is 2.57. The number of fused-ring (bicyclic) bond motifs is 1. The summed E-state index contributed by atoms with van der Waals surface area (Å²) in [4.78, 5) is 23.8. The highest BCUT2D eigenvalue weighted by atomic mass is 19.1. The number of aromatic nitrogens is 2. The van der Waals surface area contributed by atoms with Crippen molar-refractivity contribution < 1.29 is 19.0 Å². The topological polar surface area (TPSA) is 73.5 Å². The van der Waals surface area contributed by atoms with Crippen LogP contribution in [-0.4, -0.2) is 27.7 Å². The highest BCUT2D eigenvalue weighted by Crippen LogP contribution is 2.20. The van der Waals surface area contributed by atoms with Crippen molar-refractivity contribution in [3.05, 3.63) is 64.2 Å². The molecule has 3 rings (SSSR count). The minimum absolute atomic E-state index is 0.123. The Labute approximate surface area is 129 Å². The largest absolute Gasteiger partial charge is 0.497 e. The van der Waals surface area contributed by atoms with Crippen LogP contribution < -0.4 is 10.3 Å². The molecule has 0 amide bonds. The fraction of sp³-hybridized carbons (Fsp3) is 0.125. The van der Waals surface area contributed by atoms with Crippen LogP contribution in [0.2, 0.25) is 0 Å². The number of benzene rings is 2. The number of nitrogens with zero attached hydrogens (tertiary/aromatic N) is 2. The summed E-state index contributed by atoms with van der Waals surface area (Å²) in [6.45, 7) is 0.123. The molecule has 1 heterocycles. The monoisotopic (exact) mass is 316 g/mol. The molecule has 0 unspecified atom stereocenters. The second-order valence-corrected chi connectivity index (χ2v) is 4.97. The Balaban J connectivity index is 2.21. The van der Waals surface area contributed by atoms with Crippen LogP contribution in [0.4, 0.5) is 9.18 Å². The molecule has 0 atom stereocenters. The van der Waals surface area contributed by atoms with E-state index in [-0.39, 0.29) is 17.7 Å². The summed E-state index contributed by atoms with van der Waals surface area (Å²) in [7, 11) is 1.46. The molecule has 1 N–H and O–H groups in total. The summed E-state index contributed by atoms with van der Waals surface area (Å²) in [6.07, 6.45) is -1.38. The molecule has 0 spiro atoms. The molecular formula is C16H13FN2O4. The Kier molecular flexibility index (Phi) is 3.61. The lowest BCUT2D eigenvalue weighted by Crippen LogP contribution is -2.29. The van der Waals surface area contributed by atoms with Crippen LogP contribution in [0.3, 0.4) is 0 Å². The normalized spacial score (nSPS) is 10.9. The second-order valence-electron chi connectivity index (χ2n) is 4.97. The smallest absolute Gasteiger partial charge is 0.434 e. The van der Waals surface area contributed by atoms with E-state index in [4.69, 9.17) is 4.74 Å². The second kappa shape index (κ2) is 5.60. The lowest BCUT2D eigenvalue weighted by atomic mass is 10.2. The van der Waals surface area contributed by atoms with Gasteiger partial charge in [0.25, 0.3) is 5.56 Å². The zero-order valence-electron chi connectivity index (χ0n) is 12.2. The maximum absolute atomic E-state index is 13.0. The number of carboxylic acid groups (broad SMARTS) is 1. The van der Waals surface area contributed by atoms with Crippen LogP contribution in [0.5, 0.6) is 5.75 Å². The number of hydrogen-bond acceptors (Lipinski definition) is 3. The number of halogens is 1. The van der Waals surface area contributed by atoms with E-state index in [1.807, 2.05) is 0 Å². The summed E-state index contributed by atoms with van der Waals surface area (Å²) in [5.74, 6) is 0.0811. The van der Waals surface area contributed by atoms with Crippen molar-refractivity contribution in [3.63, 3.8) is 0 Å². The van der Waals surface area contributed by atoms with Crippen LogP contribution in [-0.2, 0) is 6.54 Å². The maximum atomic E-state index is 13.0. The van der Waals surface area contributed by atoms with Gasteiger partial charge in [-0.2, -0.15) is 0 Å². The number of rotatable bonds is 3. The summed E-state index contributed by atoms with van der Waals surface area (Å²) in [6, 6.07) is 10.4. The molecule has 0 aliphatic rings. The first kappa shape index (κ1) is 14.8. The van der Waals surface area contributed by atoms with Gasteiger partial charge < -0.3 is 9.84 Å². The minimum Gasteiger partial charge on any atom is -0.497 e. The van der Waals surface area contributed by atoms with E-state index in [0.29, 0.717) is 21.5 Å². The van der Waals surface area contributed by atoms with Crippen LogP contribution in [0.15, 0.2) is 47.3 Å². The highest BCUT2D eigenvalue weighted by molar-refractivity contribution is 5.84. The predicted octanol–water partition coefficient (Wildman–Crippen LogP) is 2.53. The van der Waals surface area contributed by atoms with Crippen molar-refractivity contribution in [2.45, 2.75) is 6.54 Å². The molecule has 6 nitrogen and oxygen atoms in total. The summed E-state index contributed by atoms with van der Waals surface area (Å²) in [5, 5.41) is 9.59. The zero-order chi connectivity index (χ0) is 16.6. The van der Waals surface area contributed by atoms with Gasteiger partial charge in [-0.05, 0) is 35.9 Å². The molecular weight excluding hydrogens is 303 g/mol. The van der Waals surface area contributed by atoms with Crippen molar-refractivity contribution >= 4 is 17.0 Å². The van der Waals surface area contributed by atoms with Crippen LogP contribution >= 0.6 is 0 Å². The SMILES string of the molecule is COc1ccc2c(c1)c(=O)n(C(=O)O)n2Cc1ccc(F)cc1. The first-order chi connectivity index (χ1) is 11.0. The van der Waals surface area contributed by atoms with Gasteiger partial charge in [-0.3, -0.25) is 9.48 Å². The van der Waals surface area contributed by atoms with Gasteiger partial charge in [-0.15, -0.1) is 4.68 Å².